The first kappa shape index (κ1) is 15.8. The Balaban J connectivity index is 2.14. The number of nitrogens with zero attached hydrogens (tertiary/aromatic N) is 1. The molecule has 0 saturated heterocycles. The molecule has 0 radical (unpaired) electrons. The molecule has 1 aliphatic carbocycles. The maximum absolute atomic E-state index is 14.5. The molecule has 0 bridgehead atoms. The molecule has 1 aromatic rings. The highest BCUT2D eigenvalue weighted by Gasteiger charge is 2.25. The van der Waals surface area contributed by atoms with Crippen LogP contribution in [0.4, 0.5) is 10.1 Å². The van der Waals surface area contributed by atoms with E-state index in [1.54, 1.807) is 0 Å². The van der Waals surface area contributed by atoms with E-state index in [1.807, 2.05) is 19.2 Å². The minimum Gasteiger partial charge on any atom is -0.369 e. The van der Waals surface area contributed by atoms with Gasteiger partial charge in [-0.2, -0.15) is 0 Å². The van der Waals surface area contributed by atoms with Crippen molar-refractivity contribution in [2.75, 3.05) is 11.9 Å². The molecule has 0 heterocycles. The Morgan fingerprint density at radius 3 is 2.50 bits per heavy atom. The molecule has 0 spiro atoms. The van der Waals surface area contributed by atoms with Crippen molar-refractivity contribution in [1.82, 2.24) is 0 Å². The summed E-state index contributed by atoms with van der Waals surface area (Å²) in [6.45, 7) is 2.61. The van der Waals surface area contributed by atoms with Crippen LogP contribution in [0.5, 0.6) is 0 Å². The van der Waals surface area contributed by atoms with Gasteiger partial charge in [0.1, 0.15) is 0 Å². The van der Waals surface area contributed by atoms with Gasteiger partial charge in [0.2, 0.25) is 0 Å². The highest BCUT2D eigenvalue weighted by Crippen LogP contribution is 2.34. The summed E-state index contributed by atoms with van der Waals surface area (Å²) in [7, 11) is 2.00. The predicted molar refractivity (Wildman–Crippen MR) is 86.4 cm³/mol. The van der Waals surface area contributed by atoms with Gasteiger partial charge in [0.25, 0.3) is 0 Å². The standard InChI is InChI=1S/C16H24BrFN2/c1-3-11-4-7-13(8-5-11)20(2)14-9-6-12(10-19)15(17)16(14)18/h6,9,11,13H,3-5,7-8,10,19H2,1-2H3. The van der Waals surface area contributed by atoms with Crippen LogP contribution >= 0.6 is 15.9 Å². The topological polar surface area (TPSA) is 29.3 Å². The van der Waals surface area contributed by atoms with Crippen molar-refractivity contribution in [2.24, 2.45) is 11.7 Å². The van der Waals surface area contributed by atoms with Crippen molar-refractivity contribution < 1.29 is 4.39 Å². The molecular formula is C16H24BrFN2. The molecule has 1 fully saturated rings. The monoisotopic (exact) mass is 342 g/mol. The number of halogens is 2. The fraction of sp³-hybridized carbons (Fsp3) is 0.625. The molecule has 2 rings (SSSR count). The van der Waals surface area contributed by atoms with Gasteiger partial charge in [-0.3, -0.25) is 0 Å². The molecule has 0 amide bonds. The summed E-state index contributed by atoms with van der Waals surface area (Å²) in [6, 6.07) is 4.22. The Labute approximate surface area is 129 Å². The Morgan fingerprint density at radius 1 is 1.30 bits per heavy atom. The van der Waals surface area contributed by atoms with E-state index in [0.717, 1.165) is 24.3 Å². The van der Waals surface area contributed by atoms with Crippen LogP contribution in [-0.2, 0) is 6.54 Å². The van der Waals surface area contributed by atoms with Crippen molar-refractivity contribution in [3.63, 3.8) is 0 Å². The largest absolute Gasteiger partial charge is 0.369 e. The van der Waals surface area contributed by atoms with Gasteiger partial charge in [-0.15, -0.1) is 0 Å². The Kier molecular flexibility index (Phi) is 5.44. The van der Waals surface area contributed by atoms with E-state index in [9.17, 15) is 4.39 Å². The summed E-state index contributed by atoms with van der Waals surface area (Å²) in [5, 5.41) is 0. The quantitative estimate of drug-likeness (QED) is 0.875. The third-order valence-electron chi connectivity index (χ3n) is 4.68. The number of benzene rings is 1. The second-order valence-electron chi connectivity index (χ2n) is 5.77. The lowest BCUT2D eigenvalue weighted by Gasteiger charge is -2.36. The summed E-state index contributed by atoms with van der Waals surface area (Å²) in [5.41, 5.74) is 7.10. The fourth-order valence-corrected chi connectivity index (χ4v) is 3.64. The molecule has 112 valence electrons. The van der Waals surface area contributed by atoms with Crippen molar-refractivity contribution >= 4 is 21.6 Å². The van der Waals surface area contributed by atoms with Crippen LogP contribution in [0.15, 0.2) is 16.6 Å². The van der Waals surface area contributed by atoms with E-state index < -0.39 is 0 Å². The van der Waals surface area contributed by atoms with Crippen molar-refractivity contribution in [3.05, 3.63) is 28.0 Å². The highest BCUT2D eigenvalue weighted by molar-refractivity contribution is 9.10. The van der Waals surface area contributed by atoms with Crippen LogP contribution in [-0.4, -0.2) is 13.1 Å². The molecule has 2 nitrogen and oxygen atoms in total. The van der Waals surface area contributed by atoms with Gasteiger partial charge < -0.3 is 10.6 Å². The Bertz CT molecular complexity index is 456. The summed E-state index contributed by atoms with van der Waals surface area (Å²) in [6.07, 6.45) is 6.10. The number of hydrogen-bond acceptors (Lipinski definition) is 2. The van der Waals surface area contributed by atoms with Crippen LogP contribution in [0, 0.1) is 11.7 Å². The van der Waals surface area contributed by atoms with Crippen molar-refractivity contribution in [3.8, 4) is 0 Å². The van der Waals surface area contributed by atoms with Gasteiger partial charge in [0, 0.05) is 19.6 Å². The lowest BCUT2D eigenvalue weighted by molar-refractivity contribution is 0.312. The maximum atomic E-state index is 14.5. The van der Waals surface area contributed by atoms with E-state index in [4.69, 9.17) is 5.73 Å². The van der Waals surface area contributed by atoms with E-state index >= 15 is 0 Å². The van der Waals surface area contributed by atoms with E-state index in [-0.39, 0.29) is 5.82 Å². The zero-order chi connectivity index (χ0) is 14.7. The molecule has 0 aromatic heterocycles. The van der Waals surface area contributed by atoms with Crippen LogP contribution in [0.25, 0.3) is 0 Å². The fourth-order valence-electron chi connectivity index (χ4n) is 3.15. The van der Waals surface area contributed by atoms with Gasteiger partial charge in [0.05, 0.1) is 10.2 Å². The van der Waals surface area contributed by atoms with Crippen LogP contribution in [0.1, 0.15) is 44.6 Å². The molecule has 1 aliphatic rings. The average molecular weight is 343 g/mol. The lowest BCUT2D eigenvalue weighted by Crippen LogP contribution is -2.35. The molecule has 0 aliphatic heterocycles. The molecule has 0 atom stereocenters. The van der Waals surface area contributed by atoms with Crippen molar-refractivity contribution in [1.29, 1.82) is 0 Å². The zero-order valence-electron chi connectivity index (χ0n) is 12.3. The average Bonchev–Trinajstić information content (AvgIpc) is 2.49. The third kappa shape index (κ3) is 3.17. The Morgan fingerprint density at radius 2 is 1.95 bits per heavy atom. The van der Waals surface area contributed by atoms with Gasteiger partial charge in [-0.25, -0.2) is 4.39 Å². The molecule has 2 N–H and O–H groups in total. The van der Waals surface area contributed by atoms with Gasteiger partial charge in [-0.05, 0) is 59.2 Å². The first-order valence-corrected chi connectivity index (χ1v) is 8.27. The molecule has 20 heavy (non-hydrogen) atoms. The molecular weight excluding hydrogens is 319 g/mol. The third-order valence-corrected chi connectivity index (χ3v) is 5.54. The second kappa shape index (κ2) is 6.90. The van der Waals surface area contributed by atoms with E-state index in [1.165, 1.54) is 19.3 Å². The minimum absolute atomic E-state index is 0.187. The van der Waals surface area contributed by atoms with Crippen molar-refractivity contribution in [2.45, 2.75) is 51.6 Å². The SMILES string of the molecule is CCC1CCC(N(C)c2ccc(CN)c(Br)c2F)CC1. The summed E-state index contributed by atoms with van der Waals surface area (Å²) < 4.78 is 15.0. The summed E-state index contributed by atoms with van der Waals surface area (Å²) >= 11 is 3.32. The molecule has 4 heteroatoms. The molecule has 0 unspecified atom stereocenters. The predicted octanol–water partition coefficient (Wildman–Crippen LogP) is 4.45. The van der Waals surface area contributed by atoms with Crippen LogP contribution < -0.4 is 10.6 Å². The maximum Gasteiger partial charge on any atom is 0.160 e. The first-order chi connectivity index (χ1) is 9.58. The number of rotatable bonds is 4. The number of hydrogen-bond donors (Lipinski definition) is 1. The van der Waals surface area contributed by atoms with E-state index in [2.05, 4.69) is 27.8 Å². The van der Waals surface area contributed by atoms with Crippen LogP contribution in [0.2, 0.25) is 0 Å². The highest BCUT2D eigenvalue weighted by atomic mass is 79.9. The van der Waals surface area contributed by atoms with Gasteiger partial charge in [-0.1, -0.05) is 19.4 Å². The first-order valence-electron chi connectivity index (χ1n) is 7.48. The minimum atomic E-state index is -0.187. The van der Waals surface area contributed by atoms with Gasteiger partial charge >= 0.3 is 0 Å². The normalized spacial score (nSPS) is 22.9. The molecule has 1 saturated carbocycles. The molecule has 1 aromatic carbocycles. The van der Waals surface area contributed by atoms with E-state index in [0.29, 0.717) is 22.7 Å². The summed E-state index contributed by atoms with van der Waals surface area (Å²) in [5.74, 6) is 0.670. The lowest BCUT2D eigenvalue weighted by atomic mass is 9.84. The second-order valence-corrected chi connectivity index (χ2v) is 6.56. The number of nitrogens with two attached hydrogens (primary N) is 1. The summed E-state index contributed by atoms with van der Waals surface area (Å²) in [4.78, 5) is 2.10. The smallest absolute Gasteiger partial charge is 0.160 e. The van der Waals surface area contributed by atoms with Gasteiger partial charge in [0.15, 0.2) is 5.82 Å². The van der Waals surface area contributed by atoms with Crippen LogP contribution in [0.3, 0.4) is 0 Å². The zero-order valence-corrected chi connectivity index (χ0v) is 13.9. The Hall–Kier alpha value is -0.610. The number of anilines is 1.